The van der Waals surface area contributed by atoms with Gasteiger partial charge in [-0.3, -0.25) is 0 Å². The van der Waals surface area contributed by atoms with Crippen molar-refractivity contribution in [3.05, 3.63) is 0 Å². The van der Waals surface area contributed by atoms with Gasteiger partial charge in [-0.2, -0.15) is 0 Å². The Hall–Kier alpha value is -0.120. The number of likely N-dealkylation sites (N-methyl/N-ethyl adjacent to an activating group) is 1. The molecule has 0 aliphatic heterocycles. The second-order valence-corrected chi connectivity index (χ2v) is 5.57. The summed E-state index contributed by atoms with van der Waals surface area (Å²) < 4.78 is 5.31. The minimum absolute atomic E-state index is 0.837. The molecule has 0 unspecified atom stereocenters. The summed E-state index contributed by atoms with van der Waals surface area (Å²) in [6.07, 6.45) is 8.39. The number of hydrogen-bond donors (Lipinski definition) is 1. The Bertz CT molecular complexity index is 181. The van der Waals surface area contributed by atoms with E-state index >= 15 is 0 Å². The normalized spacial score (nSPS) is 17.5. The maximum absolute atomic E-state index is 5.31. The molecule has 18 heavy (non-hydrogen) atoms. The number of nitrogens with zero attached hydrogens (tertiary/aromatic N) is 1. The van der Waals surface area contributed by atoms with E-state index in [-0.39, 0.29) is 0 Å². The second kappa shape index (κ2) is 10.8. The van der Waals surface area contributed by atoms with E-state index in [1.54, 1.807) is 0 Å². The lowest BCUT2D eigenvalue weighted by Crippen LogP contribution is -2.33. The third-order valence-electron chi connectivity index (χ3n) is 3.81. The van der Waals surface area contributed by atoms with Crippen molar-refractivity contribution in [1.82, 2.24) is 10.2 Å². The lowest BCUT2D eigenvalue weighted by Gasteiger charge is -2.27. The van der Waals surface area contributed by atoms with Crippen LogP contribution in [-0.2, 0) is 4.74 Å². The molecule has 0 saturated heterocycles. The van der Waals surface area contributed by atoms with Crippen LogP contribution in [0.4, 0.5) is 0 Å². The molecule has 0 aromatic heterocycles. The first-order chi connectivity index (χ1) is 8.83. The molecule has 0 amide bonds. The summed E-state index contributed by atoms with van der Waals surface area (Å²) in [5, 5.41) is 3.49. The van der Waals surface area contributed by atoms with Crippen LogP contribution in [0.5, 0.6) is 0 Å². The Morgan fingerprint density at radius 1 is 1.17 bits per heavy atom. The average Bonchev–Trinajstić information content (AvgIpc) is 2.39. The van der Waals surface area contributed by atoms with Crippen LogP contribution in [0.25, 0.3) is 0 Å². The zero-order chi connectivity index (χ0) is 13.1. The van der Waals surface area contributed by atoms with Crippen LogP contribution >= 0.6 is 0 Å². The van der Waals surface area contributed by atoms with Crippen molar-refractivity contribution in [3.63, 3.8) is 0 Å². The molecule has 3 heteroatoms. The minimum Gasteiger partial charge on any atom is -0.382 e. The molecule has 0 spiro atoms. The van der Waals surface area contributed by atoms with Gasteiger partial charge in [0.15, 0.2) is 0 Å². The van der Waals surface area contributed by atoms with E-state index in [0.717, 1.165) is 38.6 Å². The van der Waals surface area contributed by atoms with Crippen molar-refractivity contribution in [2.75, 3.05) is 46.4 Å². The van der Waals surface area contributed by atoms with Gasteiger partial charge in [0.25, 0.3) is 0 Å². The summed E-state index contributed by atoms with van der Waals surface area (Å²) in [7, 11) is 2.26. The van der Waals surface area contributed by atoms with Gasteiger partial charge >= 0.3 is 0 Å². The summed E-state index contributed by atoms with van der Waals surface area (Å²) in [5.74, 6) is 0.960. The minimum atomic E-state index is 0.837. The largest absolute Gasteiger partial charge is 0.382 e. The average molecular weight is 256 g/mol. The lowest BCUT2D eigenvalue weighted by atomic mass is 9.89. The quantitative estimate of drug-likeness (QED) is 0.608. The first-order valence-corrected chi connectivity index (χ1v) is 7.80. The molecule has 1 saturated carbocycles. The Labute approximate surface area is 113 Å². The Kier molecular flexibility index (Phi) is 9.54. The standard InChI is InChI=1S/C15H32N2O/c1-3-18-13-7-10-16-11-12-17(2)14-15-8-5-4-6-9-15/h15-16H,3-14H2,1-2H3. The summed E-state index contributed by atoms with van der Waals surface area (Å²) in [4.78, 5) is 2.49. The molecule has 0 atom stereocenters. The van der Waals surface area contributed by atoms with Gasteiger partial charge in [-0.15, -0.1) is 0 Å². The van der Waals surface area contributed by atoms with Crippen LogP contribution < -0.4 is 5.32 Å². The molecular formula is C15H32N2O. The smallest absolute Gasteiger partial charge is 0.0477 e. The van der Waals surface area contributed by atoms with Crippen LogP contribution in [0.1, 0.15) is 45.4 Å². The molecule has 1 fully saturated rings. The van der Waals surface area contributed by atoms with Crippen molar-refractivity contribution in [2.45, 2.75) is 45.4 Å². The van der Waals surface area contributed by atoms with Gasteiger partial charge < -0.3 is 15.0 Å². The molecule has 3 nitrogen and oxygen atoms in total. The fraction of sp³-hybridized carbons (Fsp3) is 1.00. The van der Waals surface area contributed by atoms with E-state index in [4.69, 9.17) is 4.74 Å². The highest BCUT2D eigenvalue weighted by Crippen LogP contribution is 2.23. The molecule has 0 bridgehead atoms. The third-order valence-corrected chi connectivity index (χ3v) is 3.81. The molecule has 0 radical (unpaired) electrons. The first kappa shape index (κ1) is 15.9. The summed E-state index contributed by atoms with van der Waals surface area (Å²) >= 11 is 0. The van der Waals surface area contributed by atoms with Crippen LogP contribution in [0.3, 0.4) is 0 Å². The number of rotatable bonds is 10. The molecule has 1 rings (SSSR count). The fourth-order valence-electron chi connectivity index (χ4n) is 2.74. The van der Waals surface area contributed by atoms with E-state index in [2.05, 4.69) is 17.3 Å². The molecule has 1 aliphatic rings. The molecular weight excluding hydrogens is 224 g/mol. The second-order valence-electron chi connectivity index (χ2n) is 5.57. The van der Waals surface area contributed by atoms with E-state index in [9.17, 15) is 0 Å². The van der Waals surface area contributed by atoms with Crippen LogP contribution in [0.2, 0.25) is 0 Å². The van der Waals surface area contributed by atoms with Gasteiger partial charge in [0, 0.05) is 32.8 Å². The zero-order valence-corrected chi connectivity index (χ0v) is 12.4. The topological polar surface area (TPSA) is 24.5 Å². The van der Waals surface area contributed by atoms with E-state index in [0.29, 0.717) is 0 Å². The van der Waals surface area contributed by atoms with Crippen molar-refractivity contribution in [1.29, 1.82) is 0 Å². The van der Waals surface area contributed by atoms with Crippen molar-refractivity contribution >= 4 is 0 Å². The highest BCUT2D eigenvalue weighted by molar-refractivity contribution is 4.69. The number of ether oxygens (including phenoxy) is 1. The molecule has 108 valence electrons. The molecule has 1 N–H and O–H groups in total. The molecule has 1 aliphatic carbocycles. The lowest BCUT2D eigenvalue weighted by molar-refractivity contribution is 0.144. The SMILES string of the molecule is CCOCCCNCCN(C)CC1CCCCC1. The summed E-state index contributed by atoms with van der Waals surface area (Å²) in [6, 6.07) is 0. The highest BCUT2D eigenvalue weighted by Gasteiger charge is 2.14. The maximum Gasteiger partial charge on any atom is 0.0477 e. The highest BCUT2D eigenvalue weighted by atomic mass is 16.5. The van der Waals surface area contributed by atoms with Crippen molar-refractivity contribution in [3.8, 4) is 0 Å². The van der Waals surface area contributed by atoms with Crippen LogP contribution in [-0.4, -0.2) is 51.3 Å². The summed E-state index contributed by atoms with van der Waals surface area (Å²) in [6.45, 7) is 8.43. The van der Waals surface area contributed by atoms with E-state index in [1.165, 1.54) is 45.2 Å². The number of nitrogens with one attached hydrogen (secondary N) is 1. The van der Waals surface area contributed by atoms with Gasteiger partial charge in [-0.1, -0.05) is 19.3 Å². The van der Waals surface area contributed by atoms with Gasteiger partial charge in [-0.25, -0.2) is 0 Å². The van der Waals surface area contributed by atoms with Gasteiger partial charge in [0.05, 0.1) is 0 Å². The molecule has 0 aromatic rings. The van der Waals surface area contributed by atoms with Crippen molar-refractivity contribution in [2.24, 2.45) is 5.92 Å². The Balaban J connectivity index is 1.88. The zero-order valence-electron chi connectivity index (χ0n) is 12.4. The van der Waals surface area contributed by atoms with Crippen LogP contribution in [0.15, 0.2) is 0 Å². The Morgan fingerprint density at radius 3 is 2.67 bits per heavy atom. The Morgan fingerprint density at radius 2 is 1.94 bits per heavy atom. The predicted molar refractivity (Wildman–Crippen MR) is 78.1 cm³/mol. The number of hydrogen-bond acceptors (Lipinski definition) is 3. The van der Waals surface area contributed by atoms with Crippen molar-refractivity contribution < 1.29 is 4.74 Å². The fourth-order valence-corrected chi connectivity index (χ4v) is 2.74. The first-order valence-electron chi connectivity index (χ1n) is 7.80. The monoisotopic (exact) mass is 256 g/mol. The van der Waals surface area contributed by atoms with E-state index < -0.39 is 0 Å². The maximum atomic E-state index is 5.31. The molecule has 0 aromatic carbocycles. The third kappa shape index (κ3) is 8.06. The predicted octanol–water partition coefficient (Wildman–Crippen LogP) is 2.51. The summed E-state index contributed by atoms with van der Waals surface area (Å²) in [5.41, 5.74) is 0. The van der Waals surface area contributed by atoms with Gasteiger partial charge in [0.2, 0.25) is 0 Å². The van der Waals surface area contributed by atoms with Gasteiger partial charge in [-0.05, 0) is 45.7 Å². The van der Waals surface area contributed by atoms with E-state index in [1.807, 2.05) is 6.92 Å². The molecule has 0 heterocycles. The van der Waals surface area contributed by atoms with Gasteiger partial charge in [0.1, 0.15) is 0 Å². The van der Waals surface area contributed by atoms with Crippen LogP contribution in [0, 0.1) is 5.92 Å².